The molecule has 2 aliphatic rings. The number of aliphatic carboxylic acids is 1. The lowest BCUT2D eigenvalue weighted by Crippen LogP contribution is -2.44. The molecule has 9 heteroatoms. The van der Waals surface area contributed by atoms with Crippen LogP contribution in [0.25, 0.3) is 11.1 Å². The van der Waals surface area contributed by atoms with Crippen molar-refractivity contribution in [3.8, 4) is 11.1 Å². The van der Waals surface area contributed by atoms with Gasteiger partial charge in [0.15, 0.2) is 5.60 Å². The molecule has 1 saturated heterocycles. The molecule has 186 valence electrons. The number of fused-ring (bicyclic) bond motifs is 3. The summed E-state index contributed by atoms with van der Waals surface area (Å²) in [5.74, 6) is -1.25. The highest BCUT2D eigenvalue weighted by Crippen LogP contribution is 2.44. The van der Waals surface area contributed by atoms with Crippen LogP contribution in [0.15, 0.2) is 48.5 Å². The van der Waals surface area contributed by atoms with E-state index in [2.05, 4.69) is 29.6 Å². The number of alkyl carbamates (subject to hydrolysis) is 1. The molecule has 1 aliphatic carbocycles. The predicted molar refractivity (Wildman–Crippen MR) is 127 cm³/mol. The minimum Gasteiger partial charge on any atom is -0.479 e. The second kappa shape index (κ2) is 10.9. The molecular weight excluding hydrogens is 452 g/mol. The molecule has 1 unspecified atom stereocenters. The molecule has 2 aromatic carbocycles. The van der Waals surface area contributed by atoms with Crippen molar-refractivity contribution in [1.82, 2.24) is 10.2 Å². The minimum absolute atomic E-state index is 0.000953. The second-order valence-corrected chi connectivity index (χ2v) is 8.68. The first-order valence-corrected chi connectivity index (χ1v) is 11.7. The van der Waals surface area contributed by atoms with Crippen LogP contribution in [0.4, 0.5) is 4.79 Å². The van der Waals surface area contributed by atoms with Gasteiger partial charge in [0.2, 0.25) is 5.91 Å². The van der Waals surface area contributed by atoms with Gasteiger partial charge >= 0.3 is 12.1 Å². The van der Waals surface area contributed by atoms with Gasteiger partial charge in [-0.25, -0.2) is 9.59 Å². The SMILES string of the molecule is COC1(C(=O)O)CCN(C(=O)CCOCCNC(=O)OCC2c3ccccc3-c3ccccc32)C1. The van der Waals surface area contributed by atoms with Crippen molar-refractivity contribution in [3.05, 3.63) is 59.7 Å². The van der Waals surface area contributed by atoms with Gasteiger partial charge in [0, 0.05) is 32.5 Å². The molecule has 2 N–H and O–H groups in total. The summed E-state index contributed by atoms with van der Waals surface area (Å²) in [6.45, 7) is 1.26. The number of amides is 2. The lowest BCUT2D eigenvalue weighted by Gasteiger charge is -2.23. The standard InChI is InChI=1S/C26H30N2O7/c1-33-26(24(30)31)11-13-28(17-26)23(29)10-14-34-15-12-27-25(32)35-16-22-20-8-4-2-6-18(20)19-7-3-5-9-21(19)22/h2-9,22H,10-17H2,1H3,(H,27,32)(H,30,31). The van der Waals surface area contributed by atoms with Crippen LogP contribution in [0.2, 0.25) is 0 Å². The van der Waals surface area contributed by atoms with E-state index >= 15 is 0 Å². The van der Waals surface area contributed by atoms with Crippen LogP contribution in [-0.2, 0) is 23.8 Å². The fourth-order valence-corrected chi connectivity index (χ4v) is 4.72. The molecule has 1 heterocycles. The van der Waals surface area contributed by atoms with Crippen molar-refractivity contribution in [3.63, 3.8) is 0 Å². The number of carbonyl (C=O) groups is 3. The predicted octanol–water partition coefficient (Wildman–Crippen LogP) is 2.63. The Morgan fingerprint density at radius 1 is 1.06 bits per heavy atom. The molecule has 0 bridgehead atoms. The van der Waals surface area contributed by atoms with Crippen LogP contribution < -0.4 is 5.32 Å². The Labute approximate surface area is 204 Å². The number of benzene rings is 2. The van der Waals surface area contributed by atoms with Gasteiger partial charge in [-0.15, -0.1) is 0 Å². The third-order valence-corrected chi connectivity index (χ3v) is 6.68. The number of rotatable bonds is 10. The molecule has 35 heavy (non-hydrogen) atoms. The number of ether oxygens (including phenoxy) is 3. The fraction of sp³-hybridized carbons (Fsp3) is 0.423. The molecule has 0 radical (unpaired) electrons. The van der Waals surface area contributed by atoms with E-state index in [1.165, 1.54) is 23.1 Å². The maximum absolute atomic E-state index is 12.3. The van der Waals surface area contributed by atoms with Crippen LogP contribution in [0.1, 0.15) is 29.9 Å². The number of likely N-dealkylation sites (tertiary alicyclic amines) is 1. The van der Waals surface area contributed by atoms with Gasteiger partial charge < -0.3 is 29.5 Å². The summed E-state index contributed by atoms with van der Waals surface area (Å²) >= 11 is 0. The molecule has 1 atom stereocenters. The van der Waals surface area contributed by atoms with E-state index in [1.54, 1.807) is 0 Å². The molecule has 4 rings (SSSR count). The van der Waals surface area contributed by atoms with E-state index in [9.17, 15) is 19.5 Å². The highest BCUT2D eigenvalue weighted by atomic mass is 16.5. The Hall–Kier alpha value is -3.43. The highest BCUT2D eigenvalue weighted by molar-refractivity contribution is 5.82. The number of methoxy groups -OCH3 is 1. The van der Waals surface area contributed by atoms with Crippen LogP contribution >= 0.6 is 0 Å². The number of hydrogen-bond acceptors (Lipinski definition) is 6. The second-order valence-electron chi connectivity index (χ2n) is 8.68. The molecule has 2 aromatic rings. The molecule has 9 nitrogen and oxygen atoms in total. The zero-order chi connectivity index (χ0) is 24.8. The van der Waals surface area contributed by atoms with Crippen LogP contribution in [0.3, 0.4) is 0 Å². The lowest BCUT2D eigenvalue weighted by molar-refractivity contribution is -0.161. The van der Waals surface area contributed by atoms with Crippen molar-refractivity contribution in [2.24, 2.45) is 0 Å². The van der Waals surface area contributed by atoms with E-state index in [1.807, 2.05) is 24.3 Å². The average molecular weight is 483 g/mol. The molecular formula is C26H30N2O7. The van der Waals surface area contributed by atoms with Crippen LogP contribution in [0.5, 0.6) is 0 Å². The fourth-order valence-electron chi connectivity index (χ4n) is 4.72. The largest absolute Gasteiger partial charge is 0.479 e. The number of nitrogens with one attached hydrogen (secondary N) is 1. The quantitative estimate of drug-likeness (QED) is 0.501. The highest BCUT2D eigenvalue weighted by Gasteiger charge is 2.46. The summed E-state index contributed by atoms with van der Waals surface area (Å²) in [5.41, 5.74) is 3.32. The topological polar surface area (TPSA) is 114 Å². The maximum Gasteiger partial charge on any atom is 0.407 e. The number of hydrogen-bond donors (Lipinski definition) is 2. The maximum atomic E-state index is 12.3. The first-order valence-electron chi connectivity index (χ1n) is 11.7. The Balaban J connectivity index is 1.13. The number of carbonyl (C=O) groups excluding carboxylic acids is 2. The Bertz CT molecular complexity index is 1040. The van der Waals surface area contributed by atoms with Crippen molar-refractivity contribution < 1.29 is 33.7 Å². The van der Waals surface area contributed by atoms with Crippen molar-refractivity contribution in [2.45, 2.75) is 24.4 Å². The summed E-state index contributed by atoms with van der Waals surface area (Å²) in [5, 5.41) is 12.0. The van der Waals surface area contributed by atoms with Crippen LogP contribution in [-0.4, -0.2) is 80.1 Å². The van der Waals surface area contributed by atoms with Gasteiger partial charge in [-0.1, -0.05) is 48.5 Å². The first-order chi connectivity index (χ1) is 16.9. The Morgan fingerprint density at radius 2 is 1.71 bits per heavy atom. The minimum atomic E-state index is -1.33. The monoisotopic (exact) mass is 482 g/mol. The molecule has 1 fully saturated rings. The van der Waals surface area contributed by atoms with Gasteiger partial charge in [-0.05, 0) is 22.3 Å². The summed E-state index contributed by atoms with van der Waals surface area (Å²) in [6, 6.07) is 16.3. The molecule has 0 saturated carbocycles. The van der Waals surface area contributed by atoms with Gasteiger partial charge in [-0.3, -0.25) is 4.79 Å². The van der Waals surface area contributed by atoms with Gasteiger partial charge in [0.05, 0.1) is 26.2 Å². The Kier molecular flexibility index (Phi) is 7.67. The summed E-state index contributed by atoms with van der Waals surface area (Å²) in [4.78, 5) is 37.4. The Morgan fingerprint density at radius 3 is 2.31 bits per heavy atom. The van der Waals surface area contributed by atoms with Crippen molar-refractivity contribution >= 4 is 18.0 Å². The third kappa shape index (κ3) is 5.31. The molecule has 2 amide bonds. The summed E-state index contributed by atoms with van der Waals surface area (Å²) in [7, 11) is 1.34. The molecule has 0 spiro atoms. The zero-order valence-corrected chi connectivity index (χ0v) is 19.7. The van der Waals surface area contributed by atoms with Crippen molar-refractivity contribution in [2.75, 3.05) is 46.6 Å². The number of nitrogens with zero attached hydrogens (tertiary/aromatic N) is 1. The van der Waals surface area contributed by atoms with E-state index in [-0.39, 0.29) is 57.6 Å². The van der Waals surface area contributed by atoms with Gasteiger partial charge in [0.1, 0.15) is 6.61 Å². The molecule has 0 aromatic heterocycles. The lowest BCUT2D eigenvalue weighted by atomic mass is 9.98. The van der Waals surface area contributed by atoms with E-state index in [4.69, 9.17) is 14.2 Å². The number of carboxylic acids is 1. The van der Waals surface area contributed by atoms with Crippen molar-refractivity contribution in [1.29, 1.82) is 0 Å². The van der Waals surface area contributed by atoms with E-state index in [0.717, 1.165) is 11.1 Å². The van der Waals surface area contributed by atoms with E-state index < -0.39 is 17.7 Å². The normalized spacial score (nSPS) is 18.7. The zero-order valence-electron chi connectivity index (χ0n) is 19.7. The smallest absolute Gasteiger partial charge is 0.407 e. The average Bonchev–Trinajstić information content (AvgIpc) is 3.46. The van der Waals surface area contributed by atoms with Gasteiger partial charge in [0.25, 0.3) is 0 Å². The van der Waals surface area contributed by atoms with Crippen LogP contribution in [0, 0.1) is 0 Å². The van der Waals surface area contributed by atoms with Gasteiger partial charge in [-0.2, -0.15) is 0 Å². The number of carboxylic acid groups (broad SMARTS) is 1. The van der Waals surface area contributed by atoms with E-state index in [0.29, 0.717) is 6.54 Å². The first kappa shape index (κ1) is 24.7. The summed E-state index contributed by atoms with van der Waals surface area (Å²) in [6.07, 6.45) is -0.131. The third-order valence-electron chi connectivity index (χ3n) is 6.68. The summed E-state index contributed by atoms with van der Waals surface area (Å²) < 4.78 is 16.1. The molecule has 1 aliphatic heterocycles.